The highest BCUT2D eigenvalue weighted by atomic mass is 32.2. The van der Waals surface area contributed by atoms with E-state index in [4.69, 9.17) is 9.88 Å². The molecule has 0 bridgehead atoms. The number of aromatic nitrogens is 2. The van der Waals surface area contributed by atoms with Crippen LogP contribution in [-0.4, -0.2) is 59.7 Å². The van der Waals surface area contributed by atoms with Crippen molar-refractivity contribution in [3.8, 4) is 0 Å². The number of nitrogens with one attached hydrogen (secondary N) is 2. The third-order valence-electron chi connectivity index (χ3n) is 6.31. The number of allylic oxidation sites excluding steroid dienone is 1. The summed E-state index contributed by atoms with van der Waals surface area (Å²) in [5.74, 6) is -0.452. The summed E-state index contributed by atoms with van der Waals surface area (Å²) in [6.45, 7) is 10.8. The van der Waals surface area contributed by atoms with Crippen LogP contribution >= 0.6 is 11.3 Å². The van der Waals surface area contributed by atoms with E-state index in [0.717, 1.165) is 10.4 Å². The number of ether oxygens (including phenoxy) is 1. The van der Waals surface area contributed by atoms with Gasteiger partial charge in [-0.25, -0.2) is 19.9 Å². The number of thiophene rings is 1. The Morgan fingerprint density at radius 3 is 2.73 bits per heavy atom. The molecule has 1 amide bonds. The first-order chi connectivity index (χ1) is 18.7. The Kier molecular flexibility index (Phi) is 10.4. The van der Waals surface area contributed by atoms with Crippen molar-refractivity contribution < 1.29 is 32.0 Å². The maximum absolute atomic E-state index is 13.6. The van der Waals surface area contributed by atoms with Crippen LogP contribution in [0.1, 0.15) is 78.2 Å². The minimum atomic E-state index is -4.12. The average Bonchev–Trinajstić information content (AvgIpc) is 3.40. The zero-order valence-corrected chi connectivity index (χ0v) is 24.7. The second kappa shape index (κ2) is 13.2. The van der Waals surface area contributed by atoms with Crippen molar-refractivity contribution in [2.45, 2.75) is 77.2 Å². The molecule has 220 valence electrons. The molecule has 0 saturated heterocycles. The van der Waals surface area contributed by atoms with Gasteiger partial charge in [-0.1, -0.05) is 6.08 Å². The quantitative estimate of drug-likeness (QED) is 0.210. The highest BCUT2D eigenvalue weighted by Gasteiger charge is 2.35. The number of carbonyl (C=O) groups excluding carboxylic acids is 2. The number of aliphatic hydroxyl groups is 1. The molecule has 0 radical (unpaired) electrons. The van der Waals surface area contributed by atoms with Gasteiger partial charge in [0.2, 0.25) is 5.78 Å². The SMILES string of the molecule is C=CCC[C@@H](NC(=O)OC(C)(C)C)c1cc(C(=O)c2cncnc2N[C@@H]2C[C@H](COS(N)(=O)=O)[C@@H](O)C2)sc1C. The molecular weight excluding hydrogens is 558 g/mol. The number of nitrogens with two attached hydrogens (primary N) is 1. The molecule has 0 unspecified atom stereocenters. The molecule has 2 aromatic rings. The van der Waals surface area contributed by atoms with Crippen molar-refractivity contribution in [1.82, 2.24) is 15.3 Å². The average molecular weight is 596 g/mol. The molecule has 1 fully saturated rings. The molecule has 2 aromatic heterocycles. The number of carbonyl (C=O) groups is 2. The van der Waals surface area contributed by atoms with Crippen LogP contribution < -0.4 is 15.8 Å². The molecule has 0 spiro atoms. The van der Waals surface area contributed by atoms with Crippen LogP contribution in [0.5, 0.6) is 0 Å². The first-order valence-electron chi connectivity index (χ1n) is 12.8. The van der Waals surface area contributed by atoms with E-state index in [9.17, 15) is 23.1 Å². The van der Waals surface area contributed by atoms with Crippen LogP contribution in [0.2, 0.25) is 0 Å². The van der Waals surface area contributed by atoms with Crippen molar-refractivity contribution in [3.63, 3.8) is 0 Å². The molecule has 2 heterocycles. The van der Waals surface area contributed by atoms with Gasteiger partial charge in [-0.15, -0.1) is 17.9 Å². The number of alkyl carbamates (subject to hydrolysis) is 1. The number of rotatable bonds is 12. The fourth-order valence-corrected chi connectivity index (χ4v) is 5.91. The molecule has 0 aliphatic heterocycles. The minimum absolute atomic E-state index is 0.241. The number of hydrogen-bond acceptors (Lipinski definition) is 11. The number of amides is 1. The van der Waals surface area contributed by atoms with Crippen LogP contribution in [0.25, 0.3) is 0 Å². The zero-order valence-electron chi connectivity index (χ0n) is 23.0. The lowest BCUT2D eigenvalue weighted by molar-refractivity contribution is 0.0501. The van der Waals surface area contributed by atoms with Gasteiger partial charge in [0.25, 0.3) is 0 Å². The van der Waals surface area contributed by atoms with Crippen molar-refractivity contribution in [2.75, 3.05) is 11.9 Å². The fourth-order valence-electron chi connectivity index (χ4n) is 4.51. The second-order valence-corrected chi connectivity index (χ2v) is 13.2. The fraction of sp³-hybridized carbons (Fsp3) is 0.538. The summed E-state index contributed by atoms with van der Waals surface area (Å²) in [6, 6.07) is 1.10. The molecule has 1 aliphatic carbocycles. The van der Waals surface area contributed by atoms with Crippen molar-refractivity contribution in [1.29, 1.82) is 0 Å². The standard InChI is InChI=1S/C26H37N5O7S2/c1-6-7-8-20(31-25(34)38-26(3,4)5)18-11-22(39-15(18)2)23(33)19-12-28-14-29-24(19)30-17-9-16(21(32)10-17)13-37-40(27,35)36/h6,11-12,14,16-17,20-21,32H,1,7-10,13H2,2-5H3,(H,31,34)(H2,27,35,36)(H,28,29,30)/t16-,17-,20-,21+/m1/s1. The first kappa shape index (κ1) is 31.6. The number of aryl methyl sites for hydroxylation is 1. The van der Waals surface area contributed by atoms with Gasteiger partial charge in [0.05, 0.1) is 29.2 Å². The summed E-state index contributed by atoms with van der Waals surface area (Å²) in [4.78, 5) is 35.7. The Balaban J connectivity index is 1.78. The molecule has 1 aliphatic rings. The van der Waals surface area contributed by atoms with E-state index in [1.807, 2.05) is 6.92 Å². The van der Waals surface area contributed by atoms with E-state index >= 15 is 0 Å². The number of aliphatic hydroxyl groups excluding tert-OH is 1. The summed E-state index contributed by atoms with van der Waals surface area (Å²) >= 11 is 1.30. The highest BCUT2D eigenvalue weighted by molar-refractivity contribution is 7.84. The maximum atomic E-state index is 13.6. The first-order valence-corrected chi connectivity index (χ1v) is 15.1. The van der Waals surface area contributed by atoms with E-state index in [1.165, 1.54) is 23.9 Å². The van der Waals surface area contributed by atoms with Crippen LogP contribution in [0.3, 0.4) is 0 Å². The zero-order chi connectivity index (χ0) is 29.7. The van der Waals surface area contributed by atoms with Crippen LogP contribution in [0.4, 0.5) is 10.6 Å². The largest absolute Gasteiger partial charge is 0.444 e. The molecule has 12 nitrogen and oxygen atoms in total. The number of nitrogens with zero attached hydrogens (tertiary/aromatic N) is 2. The number of anilines is 1. The summed E-state index contributed by atoms with van der Waals surface area (Å²) in [5, 5.41) is 21.4. The van der Waals surface area contributed by atoms with Gasteiger partial charge in [-0.05, 0) is 65.0 Å². The predicted molar refractivity (Wildman–Crippen MR) is 151 cm³/mol. The lowest BCUT2D eigenvalue weighted by Gasteiger charge is -2.23. The molecular formula is C26H37N5O7S2. The topological polar surface area (TPSA) is 183 Å². The summed E-state index contributed by atoms with van der Waals surface area (Å²) in [7, 11) is -4.12. The van der Waals surface area contributed by atoms with Gasteiger partial charge in [0.15, 0.2) is 0 Å². The van der Waals surface area contributed by atoms with Gasteiger partial charge >= 0.3 is 16.4 Å². The van der Waals surface area contributed by atoms with Gasteiger partial charge in [-0.2, -0.15) is 8.42 Å². The third-order valence-corrected chi connectivity index (χ3v) is 7.84. The monoisotopic (exact) mass is 595 g/mol. The Hall–Kier alpha value is -2.91. The molecule has 5 N–H and O–H groups in total. The Labute approximate surface area is 238 Å². The van der Waals surface area contributed by atoms with Gasteiger partial charge in [0, 0.05) is 23.0 Å². The van der Waals surface area contributed by atoms with Crippen molar-refractivity contribution >= 4 is 39.3 Å². The summed E-state index contributed by atoms with van der Waals surface area (Å²) in [5.41, 5.74) is 0.403. The summed E-state index contributed by atoms with van der Waals surface area (Å²) in [6.07, 6.45) is 5.06. The molecule has 3 rings (SSSR count). The third kappa shape index (κ3) is 9.06. The smallest absolute Gasteiger partial charge is 0.408 e. The molecule has 1 saturated carbocycles. The van der Waals surface area contributed by atoms with Gasteiger partial charge < -0.3 is 20.5 Å². The van der Waals surface area contributed by atoms with Crippen molar-refractivity contribution in [2.24, 2.45) is 11.1 Å². The normalized spacial score (nSPS) is 20.1. The van der Waals surface area contributed by atoms with E-state index < -0.39 is 34.0 Å². The van der Waals surface area contributed by atoms with Crippen molar-refractivity contribution in [3.05, 3.63) is 52.1 Å². The van der Waals surface area contributed by atoms with Crippen LogP contribution in [0.15, 0.2) is 31.2 Å². The Morgan fingerprint density at radius 1 is 1.35 bits per heavy atom. The molecule has 4 atom stereocenters. The number of hydrogen-bond donors (Lipinski definition) is 4. The Bertz CT molecular complexity index is 1320. The highest BCUT2D eigenvalue weighted by Crippen LogP contribution is 2.33. The maximum Gasteiger partial charge on any atom is 0.408 e. The molecule has 14 heteroatoms. The van der Waals surface area contributed by atoms with E-state index in [-0.39, 0.29) is 30.0 Å². The molecule has 0 aromatic carbocycles. The number of ketones is 1. The minimum Gasteiger partial charge on any atom is -0.444 e. The second-order valence-electron chi connectivity index (χ2n) is 10.7. The Morgan fingerprint density at radius 2 is 2.08 bits per heavy atom. The lowest BCUT2D eigenvalue weighted by atomic mass is 10.0. The van der Waals surface area contributed by atoms with Gasteiger partial charge in [-0.3, -0.25) is 8.98 Å². The van der Waals surface area contributed by atoms with Gasteiger partial charge in [0.1, 0.15) is 17.7 Å². The summed E-state index contributed by atoms with van der Waals surface area (Å²) < 4.78 is 32.3. The van der Waals surface area contributed by atoms with Crippen LogP contribution in [-0.2, 0) is 19.2 Å². The van der Waals surface area contributed by atoms with E-state index in [0.29, 0.717) is 36.4 Å². The lowest BCUT2D eigenvalue weighted by Crippen LogP contribution is -2.35. The predicted octanol–water partition coefficient (Wildman–Crippen LogP) is 3.38. The van der Waals surface area contributed by atoms with E-state index in [2.05, 4.69) is 31.4 Å². The van der Waals surface area contributed by atoms with Crippen LogP contribution in [0, 0.1) is 12.8 Å². The van der Waals surface area contributed by atoms with E-state index in [1.54, 1.807) is 32.9 Å². The molecule has 40 heavy (non-hydrogen) atoms.